The molecule has 3 rings (SSSR count). The fourth-order valence-electron chi connectivity index (χ4n) is 3.74. The number of thioether (sulfide) groups is 3. The van der Waals surface area contributed by atoms with Gasteiger partial charge in [0.2, 0.25) is 0 Å². The van der Waals surface area contributed by atoms with E-state index >= 15 is 0 Å². The number of fused-ring (bicyclic) bond motifs is 1. The summed E-state index contributed by atoms with van der Waals surface area (Å²) in [5.41, 5.74) is 1.84. The average molecular weight is 449 g/mol. The molecule has 2 heterocycles. The van der Waals surface area contributed by atoms with E-state index in [0.29, 0.717) is 0 Å². The molecule has 0 atom stereocenters. The van der Waals surface area contributed by atoms with E-state index in [1.807, 2.05) is 35.7 Å². The van der Waals surface area contributed by atoms with Crippen molar-refractivity contribution in [2.75, 3.05) is 23.1 Å². The second-order valence-electron chi connectivity index (χ2n) is 7.49. The topological polar surface area (TPSA) is 42.0 Å². The highest BCUT2D eigenvalue weighted by Gasteiger charge is 2.41. The predicted octanol–water partition coefficient (Wildman–Crippen LogP) is 7.21. The quantitative estimate of drug-likeness (QED) is 0.307. The van der Waals surface area contributed by atoms with Crippen LogP contribution in [0.3, 0.4) is 0 Å². The number of nitrogens with zero attached hydrogens (tertiary/aromatic N) is 1. The molecule has 1 aliphatic heterocycles. The molecule has 1 amide bonds. The number of anilines is 1. The molecule has 1 aromatic carbocycles. The maximum atomic E-state index is 13.6. The third-order valence-corrected chi connectivity index (χ3v) is 9.55. The minimum atomic E-state index is -0.358. The number of aromatic nitrogens is 1. The standard InChI is InChI=1S/C23H32N2OS3/c1-3-4-5-6-7-8-14-23(28-16-10-17-29-23)22(26)25-21-18-11-9-15-24-19(18)12-13-20(21)27-2/h9,11-13,15H,3-8,10,14,16-17H2,1-2H3,(H,25,26). The van der Waals surface area contributed by atoms with E-state index in [4.69, 9.17) is 0 Å². The fraction of sp³-hybridized carbons (Fsp3) is 0.565. The Bertz CT molecular complexity index is 806. The molecule has 29 heavy (non-hydrogen) atoms. The first-order valence-electron chi connectivity index (χ1n) is 10.7. The predicted molar refractivity (Wildman–Crippen MR) is 132 cm³/mol. The van der Waals surface area contributed by atoms with Crippen molar-refractivity contribution in [3.63, 3.8) is 0 Å². The van der Waals surface area contributed by atoms with E-state index in [-0.39, 0.29) is 9.99 Å². The first-order valence-corrected chi connectivity index (χ1v) is 13.9. The van der Waals surface area contributed by atoms with Gasteiger partial charge in [-0.25, -0.2) is 0 Å². The lowest BCUT2D eigenvalue weighted by molar-refractivity contribution is -0.116. The van der Waals surface area contributed by atoms with E-state index in [0.717, 1.165) is 45.8 Å². The Balaban J connectivity index is 1.76. The Morgan fingerprint density at radius 1 is 1.14 bits per heavy atom. The number of hydrogen-bond acceptors (Lipinski definition) is 5. The van der Waals surface area contributed by atoms with Crippen LogP contribution >= 0.6 is 35.3 Å². The second-order valence-corrected chi connectivity index (χ2v) is 11.4. The molecule has 0 aliphatic carbocycles. The summed E-state index contributed by atoms with van der Waals surface area (Å²) in [5, 5.41) is 4.36. The minimum absolute atomic E-state index is 0.160. The second kappa shape index (κ2) is 11.5. The molecule has 2 aromatic rings. The number of carbonyl (C=O) groups is 1. The van der Waals surface area contributed by atoms with Crippen molar-refractivity contribution in [2.45, 2.75) is 67.3 Å². The molecule has 1 saturated heterocycles. The Kier molecular flexibility index (Phi) is 9.07. The number of benzene rings is 1. The van der Waals surface area contributed by atoms with Crippen molar-refractivity contribution in [1.82, 2.24) is 4.98 Å². The van der Waals surface area contributed by atoms with Crippen LogP contribution in [-0.4, -0.2) is 32.7 Å². The zero-order valence-electron chi connectivity index (χ0n) is 17.5. The van der Waals surface area contributed by atoms with Gasteiger partial charge in [-0.05, 0) is 54.9 Å². The summed E-state index contributed by atoms with van der Waals surface area (Å²) >= 11 is 5.38. The van der Waals surface area contributed by atoms with Crippen LogP contribution in [0, 0.1) is 0 Å². The number of pyridine rings is 1. The summed E-state index contributed by atoms with van der Waals surface area (Å²) in [7, 11) is 0. The van der Waals surface area contributed by atoms with Crippen LogP contribution in [0.25, 0.3) is 10.9 Å². The normalized spacial score (nSPS) is 16.1. The molecular weight excluding hydrogens is 416 g/mol. The van der Waals surface area contributed by atoms with Gasteiger partial charge in [0.1, 0.15) is 4.08 Å². The number of nitrogens with one attached hydrogen (secondary N) is 1. The molecule has 0 unspecified atom stereocenters. The third kappa shape index (κ3) is 5.86. The number of hydrogen-bond donors (Lipinski definition) is 1. The Hall–Kier alpha value is -0.850. The lowest BCUT2D eigenvalue weighted by atomic mass is 10.1. The summed E-state index contributed by atoms with van der Waals surface area (Å²) in [5.74, 6) is 2.30. The van der Waals surface area contributed by atoms with Crippen molar-refractivity contribution in [2.24, 2.45) is 0 Å². The van der Waals surface area contributed by atoms with Crippen LogP contribution in [0.15, 0.2) is 35.4 Å². The molecule has 6 heteroatoms. The molecule has 0 bridgehead atoms. The van der Waals surface area contributed by atoms with Gasteiger partial charge in [0.25, 0.3) is 5.91 Å². The molecule has 1 fully saturated rings. The molecular formula is C23H32N2OS3. The molecule has 158 valence electrons. The summed E-state index contributed by atoms with van der Waals surface area (Å²) < 4.78 is -0.358. The van der Waals surface area contributed by atoms with E-state index in [1.165, 1.54) is 38.5 Å². The van der Waals surface area contributed by atoms with Crippen LogP contribution in [-0.2, 0) is 4.79 Å². The summed E-state index contributed by atoms with van der Waals surface area (Å²) in [4.78, 5) is 19.2. The molecule has 1 aromatic heterocycles. The zero-order valence-corrected chi connectivity index (χ0v) is 20.0. The molecule has 0 radical (unpaired) electrons. The maximum Gasteiger partial charge on any atom is 0.250 e. The number of rotatable bonds is 10. The van der Waals surface area contributed by atoms with Crippen LogP contribution in [0.5, 0.6) is 0 Å². The lowest BCUT2D eigenvalue weighted by Gasteiger charge is -2.35. The van der Waals surface area contributed by atoms with Gasteiger partial charge >= 0.3 is 0 Å². The van der Waals surface area contributed by atoms with E-state index in [9.17, 15) is 4.79 Å². The van der Waals surface area contributed by atoms with Gasteiger partial charge in [-0.15, -0.1) is 35.3 Å². The third-order valence-electron chi connectivity index (χ3n) is 5.37. The van der Waals surface area contributed by atoms with Gasteiger partial charge in [0.15, 0.2) is 0 Å². The van der Waals surface area contributed by atoms with Gasteiger partial charge in [-0.2, -0.15) is 0 Å². The van der Waals surface area contributed by atoms with Gasteiger partial charge in [-0.3, -0.25) is 9.78 Å². The van der Waals surface area contributed by atoms with Gasteiger partial charge < -0.3 is 5.32 Å². The summed E-state index contributed by atoms with van der Waals surface area (Å²) in [6.07, 6.45) is 13.6. The highest BCUT2D eigenvalue weighted by Crippen LogP contribution is 2.47. The molecule has 1 aliphatic rings. The van der Waals surface area contributed by atoms with Crippen molar-refractivity contribution < 1.29 is 4.79 Å². The van der Waals surface area contributed by atoms with Crippen LogP contribution in [0.1, 0.15) is 58.3 Å². The fourth-order valence-corrected chi connectivity index (χ4v) is 7.51. The summed E-state index contributed by atoms with van der Waals surface area (Å²) in [6.45, 7) is 2.25. The smallest absolute Gasteiger partial charge is 0.250 e. The number of unbranched alkanes of at least 4 members (excludes halogenated alkanes) is 5. The molecule has 0 spiro atoms. The monoisotopic (exact) mass is 448 g/mol. The number of amides is 1. The largest absolute Gasteiger partial charge is 0.323 e. The van der Waals surface area contributed by atoms with Crippen molar-refractivity contribution in [3.8, 4) is 0 Å². The van der Waals surface area contributed by atoms with Crippen molar-refractivity contribution in [3.05, 3.63) is 30.5 Å². The minimum Gasteiger partial charge on any atom is -0.323 e. The van der Waals surface area contributed by atoms with Gasteiger partial charge in [0, 0.05) is 16.5 Å². The van der Waals surface area contributed by atoms with Crippen LogP contribution in [0.4, 0.5) is 5.69 Å². The molecule has 3 nitrogen and oxygen atoms in total. The number of carbonyl (C=O) groups excluding carboxylic acids is 1. The van der Waals surface area contributed by atoms with Crippen LogP contribution in [0.2, 0.25) is 0 Å². The highest BCUT2D eigenvalue weighted by molar-refractivity contribution is 8.19. The highest BCUT2D eigenvalue weighted by atomic mass is 32.2. The van der Waals surface area contributed by atoms with E-state index in [1.54, 1.807) is 18.0 Å². The Morgan fingerprint density at radius 2 is 1.90 bits per heavy atom. The summed E-state index contributed by atoms with van der Waals surface area (Å²) in [6, 6.07) is 8.10. The van der Waals surface area contributed by atoms with E-state index in [2.05, 4.69) is 35.6 Å². The molecule has 0 saturated carbocycles. The zero-order chi connectivity index (χ0) is 20.5. The maximum absolute atomic E-state index is 13.6. The Labute approximate surface area is 188 Å². The van der Waals surface area contributed by atoms with Gasteiger partial charge in [0.05, 0.1) is 11.2 Å². The van der Waals surface area contributed by atoms with Crippen molar-refractivity contribution >= 4 is 57.8 Å². The average Bonchev–Trinajstić information content (AvgIpc) is 2.77. The first-order chi connectivity index (χ1) is 14.2. The SMILES string of the molecule is CCCCCCCCC1(C(=O)Nc2c(SC)ccc3ncccc23)SCCCS1. The molecule has 1 N–H and O–H groups in total. The Morgan fingerprint density at radius 3 is 2.66 bits per heavy atom. The lowest BCUT2D eigenvalue weighted by Crippen LogP contribution is -2.39. The first kappa shape index (κ1) is 22.8. The van der Waals surface area contributed by atoms with Crippen molar-refractivity contribution in [1.29, 1.82) is 0 Å². The van der Waals surface area contributed by atoms with E-state index < -0.39 is 0 Å². The van der Waals surface area contributed by atoms with Gasteiger partial charge in [-0.1, -0.05) is 45.4 Å². The van der Waals surface area contributed by atoms with Crippen LogP contribution < -0.4 is 5.32 Å².